The number of piperazine rings is 1. The second kappa shape index (κ2) is 7.03. The number of carbonyl (C=O) groups is 1. The summed E-state index contributed by atoms with van der Waals surface area (Å²) in [6.07, 6.45) is 3.73. The maximum Gasteiger partial charge on any atom is 0.420 e. The van der Waals surface area contributed by atoms with Crippen LogP contribution in [-0.4, -0.2) is 56.0 Å². The highest BCUT2D eigenvalue weighted by atomic mass is 16.4. The van der Waals surface area contributed by atoms with Gasteiger partial charge in [0.15, 0.2) is 5.58 Å². The van der Waals surface area contributed by atoms with Gasteiger partial charge >= 0.3 is 5.76 Å². The van der Waals surface area contributed by atoms with E-state index in [1.54, 1.807) is 12.3 Å². The van der Waals surface area contributed by atoms with Gasteiger partial charge in [-0.2, -0.15) is 0 Å². The van der Waals surface area contributed by atoms with Crippen molar-refractivity contribution < 1.29 is 9.21 Å². The van der Waals surface area contributed by atoms with E-state index in [-0.39, 0.29) is 12.5 Å². The fourth-order valence-corrected chi connectivity index (χ4v) is 3.46. The van der Waals surface area contributed by atoms with E-state index >= 15 is 0 Å². The average Bonchev–Trinajstić information content (AvgIpc) is 3.19. The molecular weight excluding hydrogens is 346 g/mol. The molecule has 1 fully saturated rings. The van der Waals surface area contributed by atoms with Crippen molar-refractivity contribution >= 4 is 17.0 Å². The predicted molar refractivity (Wildman–Crippen MR) is 100 cm³/mol. The van der Waals surface area contributed by atoms with Crippen molar-refractivity contribution in [1.29, 1.82) is 0 Å². The summed E-state index contributed by atoms with van der Waals surface area (Å²) in [4.78, 5) is 33.3. The fraction of sp³-hybridized carbons (Fsp3) is 0.421. The second-order valence-corrected chi connectivity index (χ2v) is 7.04. The van der Waals surface area contributed by atoms with Crippen LogP contribution >= 0.6 is 0 Å². The molecule has 0 unspecified atom stereocenters. The first-order chi connectivity index (χ1) is 13.0. The van der Waals surface area contributed by atoms with Gasteiger partial charge in [0.25, 0.3) is 0 Å². The third-order valence-electron chi connectivity index (χ3n) is 5.13. The van der Waals surface area contributed by atoms with E-state index in [2.05, 4.69) is 9.88 Å². The lowest BCUT2D eigenvalue weighted by Gasteiger charge is -2.34. The van der Waals surface area contributed by atoms with Crippen LogP contribution in [0, 0.1) is 6.92 Å². The SMILES string of the molecule is Cc1ccc2oc(=O)n(CC(=O)N3CCN(Cc4nccn4C)CC3)c2c1. The van der Waals surface area contributed by atoms with Crippen LogP contribution < -0.4 is 5.76 Å². The minimum Gasteiger partial charge on any atom is -0.408 e. The van der Waals surface area contributed by atoms with Crippen molar-refractivity contribution in [2.45, 2.75) is 20.0 Å². The zero-order valence-corrected chi connectivity index (χ0v) is 15.6. The summed E-state index contributed by atoms with van der Waals surface area (Å²) in [6, 6.07) is 5.53. The first kappa shape index (κ1) is 17.5. The van der Waals surface area contributed by atoms with Gasteiger partial charge in [0.2, 0.25) is 5.91 Å². The number of hydrogen-bond donors (Lipinski definition) is 0. The minimum absolute atomic E-state index is 0.00858. The summed E-state index contributed by atoms with van der Waals surface area (Å²) in [5.74, 6) is 0.469. The van der Waals surface area contributed by atoms with Gasteiger partial charge in [0.05, 0.1) is 12.1 Å². The Labute approximate surface area is 156 Å². The Balaban J connectivity index is 1.40. The van der Waals surface area contributed by atoms with E-state index in [1.807, 2.05) is 41.8 Å². The Bertz CT molecular complexity index is 1020. The van der Waals surface area contributed by atoms with Gasteiger partial charge in [-0.15, -0.1) is 0 Å². The number of hydrogen-bond acceptors (Lipinski definition) is 5. The first-order valence-electron chi connectivity index (χ1n) is 9.07. The lowest BCUT2D eigenvalue weighted by molar-refractivity contribution is -0.133. The number of benzene rings is 1. The first-order valence-corrected chi connectivity index (χ1v) is 9.07. The minimum atomic E-state index is -0.489. The van der Waals surface area contributed by atoms with Crippen LogP contribution in [-0.2, 0) is 24.9 Å². The summed E-state index contributed by atoms with van der Waals surface area (Å²) in [7, 11) is 1.98. The monoisotopic (exact) mass is 369 g/mol. The Morgan fingerprint density at radius 2 is 2.00 bits per heavy atom. The summed E-state index contributed by atoms with van der Waals surface area (Å²) in [5, 5.41) is 0. The molecule has 1 aliphatic heterocycles. The second-order valence-electron chi connectivity index (χ2n) is 7.04. The molecule has 1 amide bonds. The highest BCUT2D eigenvalue weighted by Crippen LogP contribution is 2.15. The molecule has 0 bridgehead atoms. The average molecular weight is 369 g/mol. The summed E-state index contributed by atoms with van der Waals surface area (Å²) >= 11 is 0. The van der Waals surface area contributed by atoms with Gasteiger partial charge in [-0.3, -0.25) is 14.3 Å². The number of rotatable bonds is 4. The van der Waals surface area contributed by atoms with Gasteiger partial charge in [0, 0.05) is 45.6 Å². The smallest absolute Gasteiger partial charge is 0.408 e. The van der Waals surface area contributed by atoms with Gasteiger partial charge in [0.1, 0.15) is 12.4 Å². The third-order valence-corrected chi connectivity index (χ3v) is 5.13. The molecule has 8 nitrogen and oxygen atoms in total. The summed E-state index contributed by atoms with van der Waals surface area (Å²) in [5.41, 5.74) is 2.20. The fourth-order valence-electron chi connectivity index (χ4n) is 3.46. The summed E-state index contributed by atoms with van der Waals surface area (Å²) < 4.78 is 8.68. The van der Waals surface area contributed by atoms with Crippen LogP contribution in [0.5, 0.6) is 0 Å². The van der Waals surface area contributed by atoms with Crippen molar-refractivity contribution in [2.75, 3.05) is 26.2 Å². The molecule has 0 spiro atoms. The molecule has 27 heavy (non-hydrogen) atoms. The maximum absolute atomic E-state index is 12.7. The number of nitrogens with zero attached hydrogens (tertiary/aromatic N) is 5. The number of aryl methyl sites for hydroxylation is 2. The Morgan fingerprint density at radius 1 is 1.22 bits per heavy atom. The van der Waals surface area contributed by atoms with Gasteiger partial charge in [-0.25, -0.2) is 9.78 Å². The molecular formula is C19H23N5O3. The standard InChI is InChI=1S/C19H23N5O3/c1-14-3-4-16-15(11-14)24(19(26)27-16)13-18(25)23-9-7-22(8-10-23)12-17-20-5-6-21(17)2/h3-6,11H,7-10,12-13H2,1-2H3. The zero-order chi connectivity index (χ0) is 19.0. The van der Waals surface area contributed by atoms with Crippen molar-refractivity contribution in [3.05, 3.63) is 52.5 Å². The molecule has 2 aromatic heterocycles. The maximum atomic E-state index is 12.7. The Hall–Kier alpha value is -2.87. The topological polar surface area (TPSA) is 76.5 Å². The summed E-state index contributed by atoms with van der Waals surface area (Å²) in [6.45, 7) is 5.60. The number of amides is 1. The Kier molecular flexibility index (Phi) is 4.57. The van der Waals surface area contributed by atoms with E-state index in [0.29, 0.717) is 24.2 Å². The van der Waals surface area contributed by atoms with Crippen LogP contribution in [0.25, 0.3) is 11.1 Å². The number of imidazole rings is 1. The normalized spacial score (nSPS) is 15.6. The van der Waals surface area contributed by atoms with Gasteiger partial charge in [-0.1, -0.05) is 6.07 Å². The van der Waals surface area contributed by atoms with Crippen molar-refractivity contribution in [3.8, 4) is 0 Å². The van der Waals surface area contributed by atoms with E-state index in [9.17, 15) is 9.59 Å². The molecule has 0 saturated carbocycles. The van der Waals surface area contributed by atoms with Crippen molar-refractivity contribution in [3.63, 3.8) is 0 Å². The number of oxazole rings is 1. The largest absolute Gasteiger partial charge is 0.420 e. The zero-order valence-electron chi connectivity index (χ0n) is 15.6. The van der Waals surface area contributed by atoms with Crippen LogP contribution in [0.1, 0.15) is 11.4 Å². The quantitative estimate of drug-likeness (QED) is 0.685. The highest BCUT2D eigenvalue weighted by Gasteiger charge is 2.23. The molecule has 0 atom stereocenters. The molecule has 1 saturated heterocycles. The van der Waals surface area contributed by atoms with Crippen LogP contribution in [0.2, 0.25) is 0 Å². The predicted octanol–water partition coefficient (Wildman–Crippen LogP) is 0.981. The lowest BCUT2D eigenvalue weighted by Crippen LogP contribution is -2.49. The molecule has 1 aliphatic rings. The van der Waals surface area contributed by atoms with Gasteiger partial charge in [-0.05, 0) is 24.6 Å². The number of aromatic nitrogens is 3. The number of carbonyl (C=O) groups excluding carboxylic acids is 1. The van der Waals surface area contributed by atoms with Crippen molar-refractivity contribution in [1.82, 2.24) is 23.9 Å². The number of fused-ring (bicyclic) bond motifs is 1. The van der Waals surface area contributed by atoms with E-state index < -0.39 is 5.76 Å². The molecule has 0 aliphatic carbocycles. The van der Waals surface area contributed by atoms with Crippen LogP contribution in [0.3, 0.4) is 0 Å². The molecule has 3 heterocycles. The lowest BCUT2D eigenvalue weighted by atomic mass is 10.2. The third kappa shape index (κ3) is 3.52. The molecule has 8 heteroatoms. The van der Waals surface area contributed by atoms with E-state index in [0.717, 1.165) is 31.0 Å². The van der Waals surface area contributed by atoms with E-state index in [1.165, 1.54) is 4.57 Å². The Morgan fingerprint density at radius 3 is 2.70 bits per heavy atom. The van der Waals surface area contributed by atoms with Gasteiger partial charge < -0.3 is 13.9 Å². The molecule has 4 rings (SSSR count). The highest BCUT2D eigenvalue weighted by molar-refractivity contribution is 5.80. The van der Waals surface area contributed by atoms with Crippen molar-refractivity contribution in [2.24, 2.45) is 7.05 Å². The molecule has 0 N–H and O–H groups in total. The van der Waals surface area contributed by atoms with E-state index in [4.69, 9.17) is 4.42 Å². The van der Waals surface area contributed by atoms with Crippen LogP contribution in [0.4, 0.5) is 0 Å². The molecule has 1 aromatic carbocycles. The van der Waals surface area contributed by atoms with Crippen LogP contribution in [0.15, 0.2) is 39.8 Å². The molecule has 3 aromatic rings. The molecule has 142 valence electrons. The molecule has 0 radical (unpaired) electrons.